The number of hydrogen-bond acceptors (Lipinski definition) is 5. The summed E-state index contributed by atoms with van der Waals surface area (Å²) in [6, 6.07) is 9.25. The Kier molecular flexibility index (Phi) is 6.40. The number of benzene rings is 2. The normalized spacial score (nSPS) is 12.7. The highest BCUT2D eigenvalue weighted by Crippen LogP contribution is 2.37. The summed E-state index contributed by atoms with van der Waals surface area (Å²) in [5, 5.41) is 21.3. The molecule has 0 aliphatic heterocycles. The third-order valence-corrected chi connectivity index (χ3v) is 5.82. The van der Waals surface area contributed by atoms with E-state index in [0.29, 0.717) is 22.3 Å². The van der Waals surface area contributed by atoms with E-state index < -0.39 is 23.3 Å². The maximum atomic E-state index is 14.7. The first-order valence-corrected chi connectivity index (χ1v) is 11.1. The minimum atomic E-state index is -1.61. The van der Waals surface area contributed by atoms with E-state index in [1.807, 2.05) is 13.8 Å². The molecule has 0 radical (unpaired) electrons. The van der Waals surface area contributed by atoms with Crippen LogP contribution in [0.15, 0.2) is 57.9 Å². The highest BCUT2D eigenvalue weighted by Gasteiger charge is 2.33. The van der Waals surface area contributed by atoms with E-state index in [1.54, 1.807) is 12.1 Å². The van der Waals surface area contributed by atoms with E-state index in [1.165, 1.54) is 42.8 Å². The van der Waals surface area contributed by atoms with Crippen LogP contribution < -0.4 is 5.56 Å². The van der Waals surface area contributed by atoms with Crippen LogP contribution in [0.2, 0.25) is 5.02 Å². The van der Waals surface area contributed by atoms with Crippen molar-refractivity contribution in [2.45, 2.75) is 39.4 Å². The van der Waals surface area contributed by atoms with Crippen molar-refractivity contribution in [3.8, 4) is 28.3 Å². The van der Waals surface area contributed by atoms with Crippen LogP contribution in [0.5, 0.6) is 0 Å². The second-order valence-electron chi connectivity index (χ2n) is 8.92. The second-order valence-corrected chi connectivity index (χ2v) is 9.36. The van der Waals surface area contributed by atoms with Gasteiger partial charge in [-0.3, -0.25) is 9.36 Å². The van der Waals surface area contributed by atoms with Gasteiger partial charge in [-0.1, -0.05) is 11.6 Å². The Labute approximate surface area is 205 Å². The van der Waals surface area contributed by atoms with Gasteiger partial charge in [0.2, 0.25) is 5.89 Å². The lowest BCUT2D eigenvalue weighted by molar-refractivity contribution is -0.0617. The van der Waals surface area contributed by atoms with Crippen LogP contribution >= 0.6 is 11.6 Å². The van der Waals surface area contributed by atoms with Crippen LogP contribution in [0, 0.1) is 25.5 Å². The molecule has 0 spiro atoms. The molecule has 1 atom stereocenters. The quantitative estimate of drug-likeness (QED) is 0.377. The number of rotatable bonds is 5. The highest BCUT2D eigenvalue weighted by molar-refractivity contribution is 6.30. The summed E-state index contributed by atoms with van der Waals surface area (Å²) >= 11 is 6.14. The largest absolute Gasteiger partial charge is 0.437 e. The number of pyridine rings is 1. The molecular weight excluding hydrogens is 478 g/mol. The van der Waals surface area contributed by atoms with Gasteiger partial charge in [0.05, 0.1) is 11.3 Å². The minimum Gasteiger partial charge on any atom is -0.437 e. The molecule has 0 aliphatic carbocycles. The van der Waals surface area contributed by atoms with Gasteiger partial charge in [0, 0.05) is 34.5 Å². The highest BCUT2D eigenvalue weighted by atomic mass is 35.5. The third-order valence-electron chi connectivity index (χ3n) is 5.60. The zero-order chi connectivity index (χ0) is 25.7. The van der Waals surface area contributed by atoms with Gasteiger partial charge in [0.15, 0.2) is 11.9 Å². The van der Waals surface area contributed by atoms with Gasteiger partial charge >= 0.3 is 0 Å². The summed E-state index contributed by atoms with van der Waals surface area (Å²) in [6.07, 6.45) is -0.0257. The molecule has 0 unspecified atom stereocenters. The first-order valence-electron chi connectivity index (χ1n) is 10.7. The van der Waals surface area contributed by atoms with Crippen molar-refractivity contribution in [2.24, 2.45) is 0 Å². The Morgan fingerprint density at radius 2 is 1.74 bits per heavy atom. The van der Waals surface area contributed by atoms with Crippen LogP contribution in [-0.4, -0.2) is 25.4 Å². The Morgan fingerprint density at radius 1 is 1.09 bits per heavy atom. The van der Waals surface area contributed by atoms with E-state index >= 15 is 0 Å². The van der Waals surface area contributed by atoms with Crippen molar-refractivity contribution in [1.29, 1.82) is 0 Å². The standard InChI is InChI=1S/C26H23ClF2N2O4/c1-13-9-16(27)10-14(2)22(13)31-12-15(5-8-20(31)32)23-21(18-7-6-17(28)11-19(18)29)30-25(35-23)24(33)26(3,4)34/h5-12,24,33-34H,1-4H3/t24-/m0/s1. The van der Waals surface area contributed by atoms with Crippen LogP contribution in [0.3, 0.4) is 0 Å². The summed E-state index contributed by atoms with van der Waals surface area (Å²) in [4.78, 5) is 17.0. The Balaban J connectivity index is 1.97. The van der Waals surface area contributed by atoms with Gasteiger partial charge in [-0.15, -0.1) is 0 Å². The number of nitrogens with zero attached hydrogens (tertiary/aromatic N) is 2. The number of hydrogen-bond donors (Lipinski definition) is 2. The van der Waals surface area contributed by atoms with E-state index in [-0.39, 0.29) is 28.5 Å². The monoisotopic (exact) mass is 500 g/mol. The lowest BCUT2D eigenvalue weighted by Crippen LogP contribution is -2.28. The zero-order valence-corrected chi connectivity index (χ0v) is 20.2. The molecule has 0 saturated carbocycles. The fourth-order valence-electron chi connectivity index (χ4n) is 3.89. The van der Waals surface area contributed by atoms with Crippen molar-refractivity contribution in [3.05, 3.63) is 92.7 Å². The Hall–Kier alpha value is -3.33. The molecule has 0 saturated heterocycles. The van der Waals surface area contributed by atoms with Crippen molar-refractivity contribution < 1.29 is 23.4 Å². The molecule has 35 heavy (non-hydrogen) atoms. The predicted octanol–water partition coefficient (Wildman–Crippen LogP) is 5.51. The molecule has 2 aromatic carbocycles. The SMILES string of the molecule is Cc1cc(Cl)cc(C)c1-n1cc(-c2oc([C@H](O)C(C)(C)O)nc2-c2ccc(F)cc2F)ccc1=O. The molecule has 182 valence electrons. The fourth-order valence-corrected chi connectivity index (χ4v) is 4.22. The number of aliphatic hydroxyl groups excluding tert-OH is 1. The van der Waals surface area contributed by atoms with Crippen LogP contribution in [-0.2, 0) is 0 Å². The smallest absolute Gasteiger partial charge is 0.255 e. The Morgan fingerprint density at radius 3 is 2.34 bits per heavy atom. The summed E-state index contributed by atoms with van der Waals surface area (Å²) in [7, 11) is 0. The topological polar surface area (TPSA) is 88.5 Å². The molecule has 0 bridgehead atoms. The van der Waals surface area contributed by atoms with Crippen molar-refractivity contribution in [2.75, 3.05) is 0 Å². The minimum absolute atomic E-state index is 0.0180. The lowest BCUT2D eigenvalue weighted by atomic mass is 10.0. The molecule has 0 fully saturated rings. The molecule has 0 amide bonds. The van der Waals surface area contributed by atoms with Crippen molar-refractivity contribution >= 4 is 11.6 Å². The van der Waals surface area contributed by atoms with E-state index in [9.17, 15) is 23.8 Å². The lowest BCUT2D eigenvalue weighted by Gasteiger charge is -2.21. The van der Waals surface area contributed by atoms with Gasteiger partial charge in [-0.2, -0.15) is 0 Å². The first-order chi connectivity index (χ1) is 16.4. The van der Waals surface area contributed by atoms with Crippen molar-refractivity contribution in [3.63, 3.8) is 0 Å². The molecule has 0 aliphatic rings. The van der Waals surface area contributed by atoms with Gasteiger partial charge in [0.25, 0.3) is 5.56 Å². The summed E-state index contributed by atoms with van der Waals surface area (Å²) in [5.74, 6) is -1.88. The molecule has 2 N–H and O–H groups in total. The molecular formula is C26H23ClF2N2O4. The number of aliphatic hydroxyl groups is 2. The second kappa shape index (κ2) is 9.03. The average Bonchev–Trinajstić information content (AvgIpc) is 3.18. The maximum absolute atomic E-state index is 14.7. The molecule has 4 rings (SSSR count). The first kappa shape index (κ1) is 24.8. The number of aryl methyl sites for hydroxylation is 2. The van der Waals surface area contributed by atoms with E-state index in [0.717, 1.165) is 17.2 Å². The van der Waals surface area contributed by atoms with E-state index in [2.05, 4.69) is 4.98 Å². The molecule has 2 aromatic heterocycles. The molecule has 2 heterocycles. The summed E-state index contributed by atoms with van der Waals surface area (Å²) in [5.41, 5.74) is 0.451. The summed E-state index contributed by atoms with van der Waals surface area (Å²) in [6.45, 7) is 6.37. The number of oxazole rings is 1. The molecule has 9 heteroatoms. The van der Waals surface area contributed by atoms with Crippen molar-refractivity contribution in [1.82, 2.24) is 9.55 Å². The molecule has 6 nitrogen and oxygen atoms in total. The Bertz CT molecular complexity index is 1460. The van der Waals surface area contributed by atoms with Gasteiger partial charge in [0.1, 0.15) is 17.3 Å². The van der Waals surface area contributed by atoms with Gasteiger partial charge in [-0.25, -0.2) is 13.8 Å². The predicted molar refractivity (Wildman–Crippen MR) is 129 cm³/mol. The van der Waals surface area contributed by atoms with Crippen LogP contribution in [0.4, 0.5) is 8.78 Å². The van der Waals surface area contributed by atoms with Gasteiger partial charge < -0.3 is 14.6 Å². The van der Waals surface area contributed by atoms with Crippen LogP contribution in [0.25, 0.3) is 28.3 Å². The molecule has 4 aromatic rings. The van der Waals surface area contributed by atoms with Gasteiger partial charge in [-0.05, 0) is 69.2 Å². The maximum Gasteiger partial charge on any atom is 0.255 e. The number of aromatic nitrogens is 2. The third kappa shape index (κ3) is 4.77. The average molecular weight is 501 g/mol. The summed E-state index contributed by atoms with van der Waals surface area (Å²) < 4.78 is 35.5. The van der Waals surface area contributed by atoms with Crippen LogP contribution in [0.1, 0.15) is 37.0 Å². The zero-order valence-electron chi connectivity index (χ0n) is 19.4. The fraction of sp³-hybridized carbons (Fsp3) is 0.231. The number of halogens is 3. The van der Waals surface area contributed by atoms with E-state index in [4.69, 9.17) is 16.0 Å².